The number of nitrogens with two attached hydrogens (primary N) is 1. The van der Waals surface area contributed by atoms with Crippen molar-refractivity contribution in [3.8, 4) is 6.01 Å². The molecule has 0 aliphatic carbocycles. The van der Waals surface area contributed by atoms with Gasteiger partial charge in [-0.3, -0.25) is 5.43 Å². The van der Waals surface area contributed by atoms with Crippen LogP contribution in [0.4, 0.5) is 11.9 Å². The van der Waals surface area contributed by atoms with Crippen molar-refractivity contribution in [2.75, 3.05) is 36.7 Å². The average Bonchev–Trinajstić information content (AvgIpc) is 2.34. The Morgan fingerprint density at radius 3 is 2.47 bits per heavy atom. The molecule has 11 heteroatoms. The van der Waals surface area contributed by atoms with Gasteiger partial charge in [-0.05, 0) is 6.92 Å². The first-order chi connectivity index (χ1) is 8.94. The van der Waals surface area contributed by atoms with Crippen LogP contribution in [0.3, 0.4) is 0 Å². The Bertz CT molecular complexity index is 507. The number of hydrogen-bond donors (Lipinski definition) is 4. The van der Waals surface area contributed by atoms with Crippen molar-refractivity contribution in [3.05, 3.63) is 0 Å². The minimum Gasteiger partial charge on any atom is -0.464 e. The van der Waals surface area contributed by atoms with E-state index in [0.717, 1.165) is 6.26 Å². The van der Waals surface area contributed by atoms with Gasteiger partial charge < -0.3 is 10.1 Å². The van der Waals surface area contributed by atoms with Gasteiger partial charge in [0.2, 0.25) is 21.9 Å². The molecule has 19 heavy (non-hydrogen) atoms. The third kappa shape index (κ3) is 6.13. The topological polar surface area (TPSA) is 144 Å². The summed E-state index contributed by atoms with van der Waals surface area (Å²) in [7, 11) is -3.21. The lowest BCUT2D eigenvalue weighted by atomic mass is 10.6. The highest BCUT2D eigenvalue weighted by Gasteiger charge is 2.06. The summed E-state index contributed by atoms with van der Waals surface area (Å²) in [4.78, 5) is 11.8. The Kier molecular flexibility index (Phi) is 5.66. The van der Waals surface area contributed by atoms with Crippen molar-refractivity contribution in [1.82, 2.24) is 19.7 Å². The van der Waals surface area contributed by atoms with Gasteiger partial charge in [-0.1, -0.05) is 0 Å². The number of hydrogen-bond acceptors (Lipinski definition) is 9. The van der Waals surface area contributed by atoms with E-state index in [1.54, 1.807) is 6.92 Å². The maximum Gasteiger partial charge on any atom is 0.323 e. The van der Waals surface area contributed by atoms with Crippen molar-refractivity contribution in [3.63, 3.8) is 0 Å². The minimum atomic E-state index is -3.21. The quantitative estimate of drug-likeness (QED) is 0.256. The molecule has 0 saturated heterocycles. The summed E-state index contributed by atoms with van der Waals surface area (Å²) in [5.41, 5.74) is 2.29. The van der Waals surface area contributed by atoms with Gasteiger partial charge in [0.25, 0.3) is 0 Å². The van der Waals surface area contributed by atoms with Crippen molar-refractivity contribution in [2.45, 2.75) is 6.92 Å². The van der Waals surface area contributed by atoms with Gasteiger partial charge in [-0.2, -0.15) is 15.0 Å². The summed E-state index contributed by atoms with van der Waals surface area (Å²) < 4.78 is 29.2. The lowest BCUT2D eigenvalue weighted by molar-refractivity contribution is 0.312. The second-order valence-electron chi connectivity index (χ2n) is 3.44. The predicted octanol–water partition coefficient (Wildman–Crippen LogP) is -1.48. The third-order valence-electron chi connectivity index (χ3n) is 1.79. The van der Waals surface area contributed by atoms with Gasteiger partial charge in [0.1, 0.15) is 0 Å². The minimum absolute atomic E-state index is 0.129. The lowest BCUT2D eigenvalue weighted by Gasteiger charge is -2.08. The molecule has 5 N–H and O–H groups in total. The van der Waals surface area contributed by atoms with E-state index >= 15 is 0 Å². The van der Waals surface area contributed by atoms with Crippen LogP contribution in [0.15, 0.2) is 0 Å². The van der Waals surface area contributed by atoms with E-state index in [1.165, 1.54) is 0 Å². The molecular weight excluding hydrogens is 274 g/mol. The second-order valence-corrected chi connectivity index (χ2v) is 5.27. The van der Waals surface area contributed by atoms with Gasteiger partial charge in [0, 0.05) is 13.1 Å². The van der Waals surface area contributed by atoms with Gasteiger partial charge in [-0.15, -0.1) is 0 Å². The summed E-state index contributed by atoms with van der Waals surface area (Å²) in [6, 6.07) is 0.129. The fraction of sp³-hybridized carbons (Fsp3) is 0.625. The highest BCUT2D eigenvalue weighted by atomic mass is 32.2. The standard InChI is InChI=1S/C8H17N7O3S/c1-3-18-8-13-6(12-7(14-8)15-9)10-4-5-11-19(2,16)17/h11H,3-5,9H2,1-2H3,(H2,10,12,13,14,15). The van der Waals surface area contributed by atoms with Crippen LogP contribution in [-0.4, -0.2) is 49.3 Å². The van der Waals surface area contributed by atoms with Crippen LogP contribution in [0.25, 0.3) is 0 Å². The highest BCUT2D eigenvalue weighted by molar-refractivity contribution is 7.88. The molecule has 0 atom stereocenters. The van der Waals surface area contributed by atoms with E-state index < -0.39 is 10.0 Å². The number of aromatic nitrogens is 3. The van der Waals surface area contributed by atoms with Gasteiger partial charge in [0.05, 0.1) is 12.9 Å². The second kappa shape index (κ2) is 7.01. The van der Waals surface area contributed by atoms with Crippen molar-refractivity contribution in [1.29, 1.82) is 0 Å². The summed E-state index contributed by atoms with van der Waals surface area (Å²) in [5.74, 6) is 5.61. The summed E-state index contributed by atoms with van der Waals surface area (Å²) in [6.07, 6.45) is 1.08. The molecular formula is C8H17N7O3S. The fourth-order valence-corrected chi connectivity index (χ4v) is 1.58. The molecule has 0 fully saturated rings. The maximum atomic E-state index is 10.9. The van der Waals surface area contributed by atoms with Crippen LogP contribution >= 0.6 is 0 Å². The highest BCUT2D eigenvalue weighted by Crippen LogP contribution is 2.09. The van der Waals surface area contributed by atoms with E-state index in [-0.39, 0.29) is 24.5 Å². The molecule has 0 radical (unpaired) electrons. The van der Waals surface area contributed by atoms with E-state index in [2.05, 4.69) is 30.4 Å². The van der Waals surface area contributed by atoms with E-state index in [9.17, 15) is 8.42 Å². The molecule has 0 aliphatic rings. The first-order valence-electron chi connectivity index (χ1n) is 5.48. The largest absolute Gasteiger partial charge is 0.464 e. The molecule has 0 bridgehead atoms. The molecule has 0 amide bonds. The molecule has 108 valence electrons. The third-order valence-corrected chi connectivity index (χ3v) is 2.52. The molecule has 1 aromatic rings. The van der Waals surface area contributed by atoms with Crippen LogP contribution in [0.2, 0.25) is 0 Å². The number of sulfonamides is 1. The zero-order valence-electron chi connectivity index (χ0n) is 10.7. The number of nitrogen functional groups attached to an aromatic ring is 1. The normalized spacial score (nSPS) is 11.1. The molecule has 1 aromatic heterocycles. The van der Waals surface area contributed by atoms with Crippen molar-refractivity contribution in [2.24, 2.45) is 5.84 Å². The first kappa shape index (κ1) is 15.3. The lowest BCUT2D eigenvalue weighted by Crippen LogP contribution is -2.28. The van der Waals surface area contributed by atoms with Crippen molar-refractivity contribution < 1.29 is 13.2 Å². The molecule has 0 aliphatic heterocycles. The summed E-state index contributed by atoms with van der Waals surface area (Å²) in [6.45, 7) is 2.72. The van der Waals surface area contributed by atoms with Crippen LogP contribution in [0.5, 0.6) is 6.01 Å². The van der Waals surface area contributed by atoms with E-state index in [4.69, 9.17) is 10.6 Å². The van der Waals surface area contributed by atoms with Gasteiger partial charge in [-0.25, -0.2) is 19.0 Å². The Morgan fingerprint density at radius 1 is 1.21 bits per heavy atom. The van der Waals surface area contributed by atoms with Crippen molar-refractivity contribution >= 4 is 21.9 Å². The Balaban J connectivity index is 2.59. The zero-order chi connectivity index (χ0) is 14.3. The smallest absolute Gasteiger partial charge is 0.323 e. The van der Waals surface area contributed by atoms with Crippen LogP contribution < -0.4 is 26.0 Å². The molecule has 10 nitrogen and oxygen atoms in total. The number of hydrazine groups is 1. The summed E-state index contributed by atoms with van der Waals surface area (Å²) >= 11 is 0. The molecule has 0 unspecified atom stereocenters. The van der Waals surface area contributed by atoms with Gasteiger partial charge >= 0.3 is 6.01 Å². The Labute approximate surface area is 111 Å². The van der Waals surface area contributed by atoms with Crippen LogP contribution in [0, 0.1) is 0 Å². The molecule has 0 spiro atoms. The number of anilines is 2. The van der Waals surface area contributed by atoms with E-state index in [0.29, 0.717) is 13.2 Å². The average molecular weight is 291 g/mol. The Morgan fingerprint density at radius 2 is 1.89 bits per heavy atom. The zero-order valence-corrected chi connectivity index (χ0v) is 11.5. The molecule has 0 saturated carbocycles. The first-order valence-corrected chi connectivity index (χ1v) is 7.37. The SMILES string of the molecule is CCOc1nc(NN)nc(NCCNS(C)(=O)=O)n1. The monoisotopic (exact) mass is 291 g/mol. The van der Waals surface area contributed by atoms with E-state index in [1.807, 2.05) is 0 Å². The number of ether oxygens (including phenoxy) is 1. The Hall–Kier alpha value is -1.72. The number of rotatable bonds is 8. The molecule has 1 rings (SSSR count). The fourth-order valence-electron chi connectivity index (χ4n) is 1.10. The summed E-state index contributed by atoms with van der Waals surface area (Å²) in [5, 5.41) is 2.83. The van der Waals surface area contributed by atoms with Crippen LogP contribution in [-0.2, 0) is 10.0 Å². The molecule has 1 heterocycles. The number of nitrogens with one attached hydrogen (secondary N) is 3. The van der Waals surface area contributed by atoms with Crippen LogP contribution in [0.1, 0.15) is 6.92 Å². The molecule has 0 aromatic carbocycles. The van der Waals surface area contributed by atoms with Gasteiger partial charge in [0.15, 0.2) is 0 Å². The number of nitrogens with zero attached hydrogens (tertiary/aromatic N) is 3. The predicted molar refractivity (Wildman–Crippen MR) is 70.1 cm³/mol. The maximum absolute atomic E-state index is 10.9.